The Morgan fingerprint density at radius 1 is 1.60 bits per heavy atom. The van der Waals surface area contributed by atoms with E-state index in [4.69, 9.17) is 4.74 Å². The Balaban J connectivity index is 2.48. The van der Waals surface area contributed by atoms with E-state index in [1.807, 2.05) is 0 Å². The van der Waals surface area contributed by atoms with Gasteiger partial charge in [-0.2, -0.15) is 0 Å². The fraction of sp³-hybridized carbons (Fsp3) is 0.857. The van der Waals surface area contributed by atoms with Gasteiger partial charge in [0.2, 0.25) is 0 Å². The predicted octanol–water partition coefficient (Wildman–Crippen LogP) is 0.301. The number of carbonyl (C=O) groups excluding carboxylic acids is 1. The van der Waals surface area contributed by atoms with Gasteiger partial charge < -0.3 is 10.1 Å². The summed E-state index contributed by atoms with van der Waals surface area (Å²) in [7, 11) is 0. The first-order valence-corrected chi connectivity index (χ1v) is 3.51. The molecule has 1 fully saturated rings. The quantitative estimate of drug-likeness (QED) is 0.496. The summed E-state index contributed by atoms with van der Waals surface area (Å²) in [6.07, 6.45) is 0.888. The fourth-order valence-electron chi connectivity index (χ4n) is 0.871. The Hall–Kier alpha value is -0.570. The van der Waals surface area contributed by atoms with Gasteiger partial charge in [-0.3, -0.25) is 4.79 Å². The van der Waals surface area contributed by atoms with Crippen molar-refractivity contribution in [2.24, 2.45) is 0 Å². The summed E-state index contributed by atoms with van der Waals surface area (Å²) in [5, 5.41) is 3.10. The minimum Gasteiger partial charge on any atom is -0.465 e. The van der Waals surface area contributed by atoms with Crippen molar-refractivity contribution in [2.75, 3.05) is 13.2 Å². The van der Waals surface area contributed by atoms with E-state index in [0.717, 1.165) is 6.42 Å². The first kappa shape index (κ1) is 7.54. The average Bonchev–Trinajstić information content (AvgIpc) is 1.94. The second kappa shape index (κ2) is 2.58. The molecule has 0 atom stereocenters. The largest absolute Gasteiger partial charge is 0.465 e. The molecule has 0 aromatic carbocycles. The molecule has 1 heterocycles. The molecule has 0 unspecified atom stereocenters. The minimum absolute atomic E-state index is 0.0478. The zero-order valence-corrected chi connectivity index (χ0v) is 6.44. The van der Waals surface area contributed by atoms with Gasteiger partial charge in [-0.05, 0) is 20.3 Å². The molecule has 1 saturated heterocycles. The van der Waals surface area contributed by atoms with E-state index < -0.39 is 0 Å². The van der Waals surface area contributed by atoms with Crippen molar-refractivity contribution < 1.29 is 9.53 Å². The number of carbonyl (C=O) groups is 1. The van der Waals surface area contributed by atoms with Crippen molar-refractivity contribution in [3.05, 3.63) is 0 Å². The molecule has 0 saturated carbocycles. The van der Waals surface area contributed by atoms with Crippen LogP contribution in [0.15, 0.2) is 0 Å². The third-order valence-corrected chi connectivity index (χ3v) is 1.70. The molecule has 0 aromatic rings. The molecule has 0 amide bonds. The lowest BCUT2D eigenvalue weighted by Gasteiger charge is -2.21. The molecule has 0 spiro atoms. The van der Waals surface area contributed by atoms with Crippen LogP contribution in [0.2, 0.25) is 0 Å². The van der Waals surface area contributed by atoms with Gasteiger partial charge in [0.25, 0.3) is 0 Å². The normalized spacial score (nSPS) is 25.2. The van der Waals surface area contributed by atoms with Crippen LogP contribution in [0.4, 0.5) is 0 Å². The Morgan fingerprint density at radius 3 is 3.00 bits per heavy atom. The highest BCUT2D eigenvalue weighted by atomic mass is 16.5. The maximum absolute atomic E-state index is 10.7. The molecular formula is C7H13NO2. The minimum atomic E-state index is -0.148. The molecule has 58 valence electrons. The van der Waals surface area contributed by atoms with Gasteiger partial charge in [-0.15, -0.1) is 0 Å². The van der Waals surface area contributed by atoms with Gasteiger partial charge in [-0.25, -0.2) is 0 Å². The molecule has 1 N–H and O–H groups in total. The number of rotatable bonds is 0. The summed E-state index contributed by atoms with van der Waals surface area (Å²) < 4.78 is 4.84. The summed E-state index contributed by atoms with van der Waals surface area (Å²) in [5.41, 5.74) is 0.0478. The molecule has 0 aromatic heterocycles. The number of hydrogen-bond donors (Lipinski definition) is 1. The van der Waals surface area contributed by atoms with Crippen molar-refractivity contribution in [2.45, 2.75) is 25.8 Å². The van der Waals surface area contributed by atoms with Crippen LogP contribution in [-0.4, -0.2) is 24.7 Å². The van der Waals surface area contributed by atoms with Crippen LogP contribution in [0.5, 0.6) is 0 Å². The highest BCUT2D eigenvalue weighted by Crippen LogP contribution is 2.10. The third kappa shape index (κ3) is 1.99. The van der Waals surface area contributed by atoms with Crippen LogP contribution in [0, 0.1) is 0 Å². The van der Waals surface area contributed by atoms with Gasteiger partial charge in [0.15, 0.2) is 0 Å². The van der Waals surface area contributed by atoms with Crippen LogP contribution in [0.3, 0.4) is 0 Å². The van der Waals surface area contributed by atoms with Gasteiger partial charge in [-0.1, -0.05) is 0 Å². The lowest BCUT2D eigenvalue weighted by atomic mass is 10.0. The molecule has 0 aliphatic carbocycles. The molecule has 1 rings (SSSR count). The smallest absolute Gasteiger partial charge is 0.319 e. The highest BCUT2D eigenvalue weighted by Gasteiger charge is 2.22. The monoisotopic (exact) mass is 143 g/mol. The summed E-state index contributed by atoms with van der Waals surface area (Å²) in [6, 6.07) is 0. The zero-order valence-electron chi connectivity index (χ0n) is 6.44. The highest BCUT2D eigenvalue weighted by molar-refractivity contribution is 5.71. The summed E-state index contributed by atoms with van der Waals surface area (Å²) in [5.74, 6) is -0.148. The van der Waals surface area contributed by atoms with Gasteiger partial charge >= 0.3 is 5.97 Å². The average molecular weight is 143 g/mol. The van der Waals surface area contributed by atoms with E-state index in [-0.39, 0.29) is 11.5 Å². The van der Waals surface area contributed by atoms with E-state index in [9.17, 15) is 4.79 Å². The first-order valence-electron chi connectivity index (χ1n) is 3.51. The van der Waals surface area contributed by atoms with Crippen LogP contribution in [0.25, 0.3) is 0 Å². The maximum atomic E-state index is 10.7. The van der Waals surface area contributed by atoms with Crippen LogP contribution < -0.4 is 5.32 Å². The van der Waals surface area contributed by atoms with Gasteiger partial charge in [0, 0.05) is 5.54 Å². The molecule has 0 bridgehead atoms. The molecule has 3 heteroatoms. The standard InChI is InChI=1S/C7H13NO2/c1-7(2)3-4-10-6(9)5-8-7/h8H,3-5H2,1-2H3. The summed E-state index contributed by atoms with van der Waals surface area (Å²) in [6.45, 7) is 5.01. The van der Waals surface area contributed by atoms with E-state index in [1.165, 1.54) is 0 Å². The summed E-state index contributed by atoms with van der Waals surface area (Å²) in [4.78, 5) is 10.7. The topological polar surface area (TPSA) is 38.3 Å². The molecule has 1 aliphatic rings. The molecule has 10 heavy (non-hydrogen) atoms. The van der Waals surface area contributed by atoms with E-state index >= 15 is 0 Å². The van der Waals surface area contributed by atoms with Crippen molar-refractivity contribution in [1.29, 1.82) is 0 Å². The van der Waals surface area contributed by atoms with Crippen molar-refractivity contribution in [3.63, 3.8) is 0 Å². The van der Waals surface area contributed by atoms with E-state index in [1.54, 1.807) is 0 Å². The summed E-state index contributed by atoms with van der Waals surface area (Å²) >= 11 is 0. The Bertz CT molecular complexity index is 143. The van der Waals surface area contributed by atoms with Crippen molar-refractivity contribution >= 4 is 5.97 Å². The maximum Gasteiger partial charge on any atom is 0.319 e. The number of cyclic esters (lactones) is 1. The Kier molecular flexibility index (Phi) is 1.94. The SMILES string of the molecule is CC1(C)CCOC(=O)CN1. The van der Waals surface area contributed by atoms with E-state index in [2.05, 4.69) is 19.2 Å². The van der Waals surface area contributed by atoms with Crippen molar-refractivity contribution in [1.82, 2.24) is 5.32 Å². The molecule has 3 nitrogen and oxygen atoms in total. The lowest BCUT2D eigenvalue weighted by molar-refractivity contribution is -0.141. The lowest BCUT2D eigenvalue weighted by Crippen LogP contribution is -2.40. The van der Waals surface area contributed by atoms with Crippen molar-refractivity contribution in [3.8, 4) is 0 Å². The Morgan fingerprint density at radius 2 is 2.30 bits per heavy atom. The Labute approximate surface area is 60.7 Å². The molecule has 0 radical (unpaired) electrons. The second-order valence-corrected chi connectivity index (χ2v) is 3.21. The van der Waals surface area contributed by atoms with Gasteiger partial charge in [0.05, 0.1) is 13.2 Å². The third-order valence-electron chi connectivity index (χ3n) is 1.70. The molecular weight excluding hydrogens is 130 g/mol. The number of nitrogens with one attached hydrogen (secondary N) is 1. The zero-order chi connectivity index (χ0) is 7.61. The predicted molar refractivity (Wildman–Crippen MR) is 37.7 cm³/mol. The van der Waals surface area contributed by atoms with E-state index in [0.29, 0.717) is 13.2 Å². The molecule has 1 aliphatic heterocycles. The fourth-order valence-corrected chi connectivity index (χ4v) is 0.871. The van der Waals surface area contributed by atoms with Gasteiger partial charge in [0.1, 0.15) is 0 Å². The number of hydrogen-bond acceptors (Lipinski definition) is 3. The number of esters is 1. The first-order chi connectivity index (χ1) is 4.60. The van der Waals surface area contributed by atoms with Crippen LogP contribution in [-0.2, 0) is 9.53 Å². The van der Waals surface area contributed by atoms with Crippen LogP contribution >= 0.6 is 0 Å². The second-order valence-electron chi connectivity index (χ2n) is 3.21. The number of ether oxygens (including phenoxy) is 1. The van der Waals surface area contributed by atoms with Crippen LogP contribution in [0.1, 0.15) is 20.3 Å².